The zero-order valence-corrected chi connectivity index (χ0v) is 16.7. The molecule has 0 radical (unpaired) electrons. The number of benzene rings is 1. The van der Waals surface area contributed by atoms with E-state index in [4.69, 9.17) is 23.8 Å². The number of halogens is 1. The minimum atomic E-state index is -0.0763. The molecule has 1 heterocycles. The quantitative estimate of drug-likeness (QED) is 0.765. The minimum Gasteiger partial charge on any atom is -0.366 e. The molecule has 1 saturated heterocycles. The summed E-state index contributed by atoms with van der Waals surface area (Å²) in [7, 11) is 0. The highest BCUT2D eigenvalue weighted by molar-refractivity contribution is 7.80. The SMILES string of the molecule is CCN1CCN(c2c(Cl)cccc2NC(=S)NC(=O)CC(C)C)CC1. The van der Waals surface area contributed by atoms with Crippen LogP contribution in [0.15, 0.2) is 18.2 Å². The Morgan fingerprint density at radius 3 is 2.56 bits per heavy atom. The van der Waals surface area contributed by atoms with Gasteiger partial charge in [-0.25, -0.2) is 0 Å². The summed E-state index contributed by atoms with van der Waals surface area (Å²) in [5, 5.41) is 6.87. The summed E-state index contributed by atoms with van der Waals surface area (Å²) in [6.07, 6.45) is 0.448. The third-order valence-electron chi connectivity index (χ3n) is 4.22. The average Bonchev–Trinajstić information content (AvgIpc) is 2.54. The molecule has 7 heteroatoms. The zero-order chi connectivity index (χ0) is 18.4. The number of rotatable bonds is 5. The fraction of sp³-hybridized carbons (Fsp3) is 0.556. The van der Waals surface area contributed by atoms with E-state index in [-0.39, 0.29) is 5.91 Å². The first-order valence-electron chi connectivity index (χ1n) is 8.77. The van der Waals surface area contributed by atoms with Gasteiger partial charge in [0.1, 0.15) is 0 Å². The van der Waals surface area contributed by atoms with E-state index in [1.165, 1.54) is 0 Å². The van der Waals surface area contributed by atoms with Crippen LogP contribution in [0.1, 0.15) is 27.2 Å². The molecular weight excluding hydrogens is 356 g/mol. The standard InChI is InChI=1S/C18H27ClN4OS/c1-4-22-8-10-23(11-9-22)17-14(19)6-5-7-15(17)20-18(25)21-16(24)12-13(2)3/h5-7,13H,4,8-12H2,1-3H3,(H2,20,21,24,25). The highest BCUT2D eigenvalue weighted by Gasteiger charge is 2.21. The van der Waals surface area contributed by atoms with Crippen LogP contribution in [0.25, 0.3) is 0 Å². The van der Waals surface area contributed by atoms with Crippen molar-refractivity contribution in [3.63, 3.8) is 0 Å². The molecule has 2 rings (SSSR count). The lowest BCUT2D eigenvalue weighted by Crippen LogP contribution is -2.46. The smallest absolute Gasteiger partial charge is 0.226 e. The van der Waals surface area contributed by atoms with Crippen molar-refractivity contribution >= 4 is 46.2 Å². The largest absolute Gasteiger partial charge is 0.366 e. The first kappa shape index (κ1) is 19.9. The van der Waals surface area contributed by atoms with Gasteiger partial charge in [0.25, 0.3) is 0 Å². The van der Waals surface area contributed by atoms with Crippen LogP contribution in [0, 0.1) is 5.92 Å². The van der Waals surface area contributed by atoms with Crippen molar-refractivity contribution in [3.05, 3.63) is 23.2 Å². The van der Waals surface area contributed by atoms with Crippen LogP contribution in [-0.2, 0) is 4.79 Å². The summed E-state index contributed by atoms with van der Waals surface area (Å²) in [5.41, 5.74) is 1.77. The zero-order valence-electron chi connectivity index (χ0n) is 15.1. The Morgan fingerprint density at radius 1 is 1.28 bits per heavy atom. The highest BCUT2D eigenvalue weighted by Crippen LogP contribution is 2.34. The molecule has 1 aromatic carbocycles. The number of piperazine rings is 1. The number of carbonyl (C=O) groups is 1. The molecule has 1 fully saturated rings. The molecule has 0 aromatic heterocycles. The summed E-state index contributed by atoms with van der Waals surface area (Å²) in [6.45, 7) is 11.1. The van der Waals surface area contributed by atoms with Crippen LogP contribution in [0.2, 0.25) is 5.02 Å². The van der Waals surface area contributed by atoms with Crippen LogP contribution in [-0.4, -0.2) is 48.6 Å². The molecule has 1 aliphatic heterocycles. The summed E-state index contributed by atoms with van der Waals surface area (Å²) < 4.78 is 0. The molecule has 0 unspecified atom stereocenters. The molecule has 0 bridgehead atoms. The number of anilines is 2. The third-order valence-corrected chi connectivity index (χ3v) is 4.73. The number of hydrogen-bond donors (Lipinski definition) is 2. The Bertz CT molecular complexity index is 615. The molecule has 0 aliphatic carbocycles. The fourth-order valence-corrected chi connectivity index (χ4v) is 3.45. The van der Waals surface area contributed by atoms with E-state index in [9.17, 15) is 4.79 Å². The van der Waals surface area contributed by atoms with Gasteiger partial charge in [0.2, 0.25) is 5.91 Å². The van der Waals surface area contributed by atoms with Crippen molar-refractivity contribution in [2.75, 3.05) is 42.9 Å². The van der Waals surface area contributed by atoms with E-state index >= 15 is 0 Å². The van der Waals surface area contributed by atoms with E-state index in [2.05, 4.69) is 27.4 Å². The molecule has 1 aliphatic rings. The van der Waals surface area contributed by atoms with Gasteiger partial charge in [0, 0.05) is 32.6 Å². The first-order valence-corrected chi connectivity index (χ1v) is 9.56. The van der Waals surface area contributed by atoms with Gasteiger partial charge in [-0.2, -0.15) is 0 Å². The topological polar surface area (TPSA) is 47.6 Å². The first-order chi connectivity index (χ1) is 11.9. The van der Waals surface area contributed by atoms with E-state index in [1.54, 1.807) is 0 Å². The Hall–Kier alpha value is -1.37. The van der Waals surface area contributed by atoms with Crippen molar-refractivity contribution < 1.29 is 4.79 Å². The third kappa shape index (κ3) is 5.83. The second-order valence-electron chi connectivity index (χ2n) is 6.66. The summed E-state index contributed by atoms with van der Waals surface area (Å²) >= 11 is 11.8. The molecule has 1 aromatic rings. The van der Waals surface area contributed by atoms with Crippen LogP contribution in [0.5, 0.6) is 0 Å². The lowest BCUT2D eigenvalue weighted by atomic mass is 10.1. The van der Waals surface area contributed by atoms with Gasteiger partial charge in [0.05, 0.1) is 16.4 Å². The van der Waals surface area contributed by atoms with Crippen LogP contribution in [0.4, 0.5) is 11.4 Å². The van der Waals surface area contributed by atoms with Crippen LogP contribution >= 0.6 is 23.8 Å². The Morgan fingerprint density at radius 2 is 1.96 bits per heavy atom. The van der Waals surface area contributed by atoms with E-state index in [0.717, 1.165) is 44.1 Å². The number of nitrogens with zero attached hydrogens (tertiary/aromatic N) is 2. The maximum absolute atomic E-state index is 11.9. The molecular formula is C18H27ClN4OS. The predicted molar refractivity (Wildman–Crippen MR) is 110 cm³/mol. The second-order valence-corrected chi connectivity index (χ2v) is 7.47. The maximum atomic E-state index is 11.9. The molecule has 1 amide bonds. The van der Waals surface area contributed by atoms with Crippen molar-refractivity contribution in [3.8, 4) is 0 Å². The van der Waals surface area contributed by atoms with Crippen molar-refractivity contribution in [2.24, 2.45) is 5.92 Å². The van der Waals surface area contributed by atoms with Gasteiger partial charge >= 0.3 is 0 Å². The van der Waals surface area contributed by atoms with Gasteiger partial charge in [-0.05, 0) is 36.8 Å². The summed E-state index contributed by atoms with van der Waals surface area (Å²) in [6, 6.07) is 5.71. The Labute approximate surface area is 160 Å². The molecule has 2 N–H and O–H groups in total. The van der Waals surface area contributed by atoms with Gasteiger partial charge in [-0.3, -0.25) is 4.79 Å². The Kier molecular flexibility index (Phi) is 7.47. The van der Waals surface area contributed by atoms with Gasteiger partial charge in [-0.15, -0.1) is 0 Å². The number of likely N-dealkylation sites (N-methyl/N-ethyl adjacent to an activating group) is 1. The monoisotopic (exact) mass is 382 g/mol. The number of para-hydroxylation sites is 1. The van der Waals surface area contributed by atoms with Crippen molar-refractivity contribution in [1.82, 2.24) is 10.2 Å². The van der Waals surface area contributed by atoms with Crippen molar-refractivity contribution in [2.45, 2.75) is 27.2 Å². The number of hydrogen-bond acceptors (Lipinski definition) is 4. The molecule has 0 saturated carbocycles. The second kappa shape index (κ2) is 9.36. The number of amides is 1. The summed E-state index contributed by atoms with van der Waals surface area (Å²) in [4.78, 5) is 16.6. The number of nitrogens with one attached hydrogen (secondary N) is 2. The lowest BCUT2D eigenvalue weighted by Gasteiger charge is -2.37. The molecule has 0 spiro atoms. The predicted octanol–water partition coefficient (Wildman–Crippen LogP) is 3.34. The van der Waals surface area contributed by atoms with Gasteiger partial charge in [-0.1, -0.05) is 38.4 Å². The van der Waals surface area contributed by atoms with Gasteiger partial charge in [0.15, 0.2) is 5.11 Å². The molecule has 25 heavy (non-hydrogen) atoms. The van der Waals surface area contributed by atoms with Crippen LogP contribution < -0.4 is 15.5 Å². The van der Waals surface area contributed by atoms with E-state index < -0.39 is 0 Å². The summed E-state index contributed by atoms with van der Waals surface area (Å²) in [5.74, 6) is 0.215. The normalized spacial score (nSPS) is 15.3. The lowest BCUT2D eigenvalue weighted by molar-refractivity contribution is -0.120. The average molecular weight is 383 g/mol. The molecule has 5 nitrogen and oxygen atoms in total. The molecule has 0 atom stereocenters. The number of carbonyl (C=O) groups excluding carboxylic acids is 1. The van der Waals surface area contributed by atoms with Crippen LogP contribution in [0.3, 0.4) is 0 Å². The highest BCUT2D eigenvalue weighted by atomic mass is 35.5. The Balaban J connectivity index is 2.07. The van der Waals surface area contributed by atoms with Crippen molar-refractivity contribution in [1.29, 1.82) is 0 Å². The maximum Gasteiger partial charge on any atom is 0.226 e. The van der Waals surface area contributed by atoms with E-state index in [0.29, 0.717) is 22.5 Å². The minimum absolute atomic E-state index is 0.0763. The molecule has 138 valence electrons. The van der Waals surface area contributed by atoms with Gasteiger partial charge < -0.3 is 20.4 Å². The van der Waals surface area contributed by atoms with E-state index in [1.807, 2.05) is 32.0 Å². The fourth-order valence-electron chi connectivity index (χ4n) is 2.93. The number of thiocarbonyl (C=S) groups is 1.